The summed E-state index contributed by atoms with van der Waals surface area (Å²) in [6, 6.07) is 5.15. The van der Waals surface area contributed by atoms with Gasteiger partial charge in [-0.3, -0.25) is 0 Å². The molecule has 19 heavy (non-hydrogen) atoms. The molecule has 0 atom stereocenters. The summed E-state index contributed by atoms with van der Waals surface area (Å²) in [7, 11) is 0. The molecule has 1 aliphatic heterocycles. The third-order valence-electron chi connectivity index (χ3n) is 2.32. The normalized spacial score (nSPS) is 14.1. The standard InChI is InChI=1S/C13H11BrN2O3/c14-10-4-5-11(9(7-10)8-16-15)19-13(17)12-3-1-2-6-18-12/h2-8H,1,15H2/b16-8+. The molecule has 0 amide bonds. The molecule has 0 unspecified atom stereocenters. The lowest BCUT2D eigenvalue weighted by atomic mass is 10.2. The monoisotopic (exact) mass is 322 g/mol. The van der Waals surface area contributed by atoms with Crippen molar-refractivity contribution in [2.45, 2.75) is 6.42 Å². The zero-order chi connectivity index (χ0) is 13.7. The molecular formula is C13H11BrN2O3. The highest BCUT2D eigenvalue weighted by molar-refractivity contribution is 9.10. The number of allylic oxidation sites excluding steroid dienone is 2. The van der Waals surface area contributed by atoms with Crippen molar-refractivity contribution in [3.05, 3.63) is 52.4 Å². The molecular weight excluding hydrogens is 312 g/mol. The third-order valence-corrected chi connectivity index (χ3v) is 2.81. The molecule has 5 nitrogen and oxygen atoms in total. The summed E-state index contributed by atoms with van der Waals surface area (Å²) >= 11 is 3.32. The fourth-order valence-corrected chi connectivity index (χ4v) is 1.85. The highest BCUT2D eigenvalue weighted by Gasteiger charge is 2.16. The molecule has 0 aliphatic carbocycles. The van der Waals surface area contributed by atoms with Gasteiger partial charge in [0, 0.05) is 10.0 Å². The van der Waals surface area contributed by atoms with Crippen LogP contribution in [0.15, 0.2) is 51.9 Å². The molecule has 0 saturated carbocycles. The first-order valence-electron chi connectivity index (χ1n) is 5.47. The molecule has 0 bridgehead atoms. The largest absolute Gasteiger partial charge is 0.458 e. The molecule has 1 aliphatic rings. The Hall–Kier alpha value is -2.08. The van der Waals surface area contributed by atoms with Crippen molar-refractivity contribution in [1.82, 2.24) is 0 Å². The Morgan fingerprint density at radius 3 is 3.05 bits per heavy atom. The second-order valence-electron chi connectivity index (χ2n) is 3.64. The van der Waals surface area contributed by atoms with Crippen LogP contribution in [-0.4, -0.2) is 12.2 Å². The van der Waals surface area contributed by atoms with Gasteiger partial charge in [-0.05, 0) is 36.8 Å². The van der Waals surface area contributed by atoms with Gasteiger partial charge in [-0.25, -0.2) is 4.79 Å². The van der Waals surface area contributed by atoms with Crippen LogP contribution >= 0.6 is 15.9 Å². The van der Waals surface area contributed by atoms with E-state index in [4.69, 9.17) is 15.3 Å². The Morgan fingerprint density at radius 1 is 1.53 bits per heavy atom. The van der Waals surface area contributed by atoms with E-state index in [1.54, 1.807) is 30.4 Å². The number of carbonyl (C=O) groups is 1. The summed E-state index contributed by atoms with van der Waals surface area (Å²) in [5, 5.41) is 3.43. The van der Waals surface area contributed by atoms with Gasteiger partial charge in [-0.15, -0.1) is 0 Å². The van der Waals surface area contributed by atoms with Gasteiger partial charge in [-0.2, -0.15) is 5.10 Å². The molecule has 2 rings (SSSR count). The second kappa shape index (κ2) is 6.19. The molecule has 0 radical (unpaired) electrons. The number of nitrogens with zero attached hydrogens (tertiary/aromatic N) is 1. The van der Waals surface area contributed by atoms with Crippen LogP contribution in [0.4, 0.5) is 0 Å². The zero-order valence-electron chi connectivity index (χ0n) is 9.88. The zero-order valence-corrected chi connectivity index (χ0v) is 11.5. The Morgan fingerprint density at radius 2 is 2.37 bits per heavy atom. The van der Waals surface area contributed by atoms with Gasteiger partial charge in [0.05, 0.1) is 12.5 Å². The maximum atomic E-state index is 11.9. The van der Waals surface area contributed by atoms with Crippen LogP contribution in [-0.2, 0) is 9.53 Å². The van der Waals surface area contributed by atoms with Crippen LogP contribution in [0.5, 0.6) is 5.75 Å². The maximum absolute atomic E-state index is 11.9. The van der Waals surface area contributed by atoms with Crippen LogP contribution in [0.3, 0.4) is 0 Å². The van der Waals surface area contributed by atoms with Gasteiger partial charge in [0.2, 0.25) is 5.76 Å². The molecule has 2 N–H and O–H groups in total. The number of ether oxygens (including phenoxy) is 2. The first-order valence-corrected chi connectivity index (χ1v) is 6.27. The van der Waals surface area contributed by atoms with Crippen molar-refractivity contribution in [3.8, 4) is 5.75 Å². The maximum Gasteiger partial charge on any atom is 0.379 e. The fraction of sp³-hybridized carbons (Fsp3) is 0.0769. The SMILES string of the molecule is N/N=C/c1cc(Br)ccc1OC(=O)C1=CCC=CO1. The molecule has 6 heteroatoms. The number of esters is 1. The van der Waals surface area contributed by atoms with E-state index in [1.807, 2.05) is 0 Å². The van der Waals surface area contributed by atoms with Crippen LogP contribution < -0.4 is 10.6 Å². The molecule has 0 spiro atoms. The minimum Gasteiger partial charge on any atom is -0.458 e. The predicted molar refractivity (Wildman–Crippen MR) is 74.5 cm³/mol. The minimum atomic E-state index is -0.557. The highest BCUT2D eigenvalue weighted by Crippen LogP contribution is 2.23. The summed E-state index contributed by atoms with van der Waals surface area (Å²) in [5.41, 5.74) is 0.595. The Bertz CT molecular complexity index is 579. The van der Waals surface area contributed by atoms with Crippen molar-refractivity contribution < 1.29 is 14.3 Å². The van der Waals surface area contributed by atoms with Gasteiger partial charge in [-0.1, -0.05) is 15.9 Å². The van der Waals surface area contributed by atoms with E-state index < -0.39 is 5.97 Å². The van der Waals surface area contributed by atoms with Crippen molar-refractivity contribution >= 4 is 28.1 Å². The van der Waals surface area contributed by atoms with E-state index in [0.717, 1.165) is 4.47 Å². The summed E-state index contributed by atoms with van der Waals surface area (Å²) in [5.74, 6) is 5.09. The van der Waals surface area contributed by atoms with Gasteiger partial charge in [0.1, 0.15) is 5.75 Å². The Labute approximate surface area is 118 Å². The quantitative estimate of drug-likeness (QED) is 0.305. The van der Waals surface area contributed by atoms with E-state index in [2.05, 4.69) is 21.0 Å². The molecule has 0 aromatic heterocycles. The third kappa shape index (κ3) is 3.45. The second-order valence-corrected chi connectivity index (χ2v) is 4.56. The first-order chi connectivity index (χ1) is 9.20. The number of hydrazone groups is 1. The molecule has 1 aromatic carbocycles. The summed E-state index contributed by atoms with van der Waals surface area (Å²) < 4.78 is 11.2. The number of carbonyl (C=O) groups excluding carboxylic acids is 1. The summed E-state index contributed by atoms with van der Waals surface area (Å²) in [6.45, 7) is 0. The van der Waals surface area contributed by atoms with Crippen molar-refractivity contribution in [2.75, 3.05) is 0 Å². The lowest BCUT2D eigenvalue weighted by Gasteiger charge is -2.11. The highest BCUT2D eigenvalue weighted by atomic mass is 79.9. The molecule has 0 saturated heterocycles. The number of hydrogen-bond acceptors (Lipinski definition) is 5. The van der Waals surface area contributed by atoms with Crippen LogP contribution in [0.25, 0.3) is 0 Å². The summed E-state index contributed by atoms with van der Waals surface area (Å²) in [4.78, 5) is 11.9. The molecule has 98 valence electrons. The minimum absolute atomic E-state index is 0.168. The van der Waals surface area contributed by atoms with Gasteiger partial charge < -0.3 is 15.3 Å². The summed E-state index contributed by atoms with van der Waals surface area (Å²) in [6.07, 6.45) is 6.95. The van der Waals surface area contributed by atoms with E-state index in [0.29, 0.717) is 17.7 Å². The van der Waals surface area contributed by atoms with E-state index >= 15 is 0 Å². The van der Waals surface area contributed by atoms with Crippen LogP contribution in [0.2, 0.25) is 0 Å². The predicted octanol–water partition coefficient (Wildman–Crippen LogP) is 2.47. The lowest BCUT2D eigenvalue weighted by Crippen LogP contribution is -2.14. The van der Waals surface area contributed by atoms with Gasteiger partial charge in [0.15, 0.2) is 0 Å². The lowest BCUT2D eigenvalue weighted by molar-refractivity contribution is -0.133. The van der Waals surface area contributed by atoms with Crippen LogP contribution in [0, 0.1) is 0 Å². The topological polar surface area (TPSA) is 73.9 Å². The number of rotatable bonds is 3. The number of benzene rings is 1. The average Bonchev–Trinajstić information content (AvgIpc) is 2.43. The van der Waals surface area contributed by atoms with Crippen molar-refractivity contribution in [3.63, 3.8) is 0 Å². The number of halogens is 1. The molecule has 1 heterocycles. The van der Waals surface area contributed by atoms with E-state index in [9.17, 15) is 4.79 Å². The van der Waals surface area contributed by atoms with Crippen molar-refractivity contribution in [1.29, 1.82) is 0 Å². The Kier molecular flexibility index (Phi) is 4.35. The van der Waals surface area contributed by atoms with Gasteiger partial charge in [0.25, 0.3) is 0 Å². The fourth-order valence-electron chi connectivity index (χ4n) is 1.48. The number of nitrogens with two attached hydrogens (primary N) is 1. The van der Waals surface area contributed by atoms with Crippen molar-refractivity contribution in [2.24, 2.45) is 10.9 Å². The number of hydrogen-bond donors (Lipinski definition) is 1. The van der Waals surface area contributed by atoms with E-state index in [1.165, 1.54) is 12.5 Å². The van der Waals surface area contributed by atoms with E-state index in [-0.39, 0.29) is 5.76 Å². The first kappa shape index (κ1) is 13.4. The molecule has 0 fully saturated rings. The molecule has 1 aromatic rings. The van der Waals surface area contributed by atoms with Crippen LogP contribution in [0.1, 0.15) is 12.0 Å². The van der Waals surface area contributed by atoms with Gasteiger partial charge >= 0.3 is 5.97 Å². The average molecular weight is 323 g/mol. The smallest absolute Gasteiger partial charge is 0.379 e. The Balaban J connectivity index is 2.18.